The number of hydrogen-bond donors (Lipinski definition) is 1. The Morgan fingerprint density at radius 1 is 1.44 bits per heavy atom. The van der Waals surface area contributed by atoms with E-state index in [-0.39, 0.29) is 11.8 Å². The predicted molar refractivity (Wildman–Crippen MR) is 72.7 cm³/mol. The molecule has 0 saturated carbocycles. The van der Waals surface area contributed by atoms with Crippen LogP contribution in [0.1, 0.15) is 18.5 Å². The summed E-state index contributed by atoms with van der Waals surface area (Å²) in [6.45, 7) is 3.64. The van der Waals surface area contributed by atoms with Crippen molar-refractivity contribution in [2.24, 2.45) is 11.7 Å². The van der Waals surface area contributed by atoms with E-state index in [9.17, 15) is 4.79 Å². The van der Waals surface area contributed by atoms with Crippen LogP contribution in [0.4, 0.5) is 5.82 Å². The van der Waals surface area contributed by atoms with E-state index in [1.54, 1.807) is 11.8 Å². The first-order valence-corrected chi connectivity index (χ1v) is 7.26. The summed E-state index contributed by atoms with van der Waals surface area (Å²) in [5, 5.41) is 0.794. The Labute approximate surface area is 111 Å². The fourth-order valence-electron chi connectivity index (χ4n) is 2.17. The first-order chi connectivity index (χ1) is 8.60. The van der Waals surface area contributed by atoms with E-state index in [0.29, 0.717) is 0 Å². The topological polar surface area (TPSA) is 72.1 Å². The molecule has 0 spiro atoms. The van der Waals surface area contributed by atoms with Gasteiger partial charge in [0.1, 0.15) is 5.82 Å². The molecule has 1 fully saturated rings. The van der Waals surface area contributed by atoms with Gasteiger partial charge in [0.05, 0.1) is 0 Å². The lowest BCUT2D eigenvalue weighted by atomic mass is 9.96. The highest BCUT2D eigenvalue weighted by molar-refractivity contribution is 7.98. The van der Waals surface area contributed by atoms with Crippen LogP contribution in [0.15, 0.2) is 11.2 Å². The number of aromatic nitrogens is 2. The monoisotopic (exact) mass is 266 g/mol. The second-order valence-electron chi connectivity index (χ2n) is 4.52. The molecule has 0 aromatic carbocycles. The Hall–Kier alpha value is -1.30. The lowest BCUT2D eigenvalue weighted by molar-refractivity contribution is -0.122. The predicted octanol–water partition coefficient (Wildman–Crippen LogP) is 1.21. The minimum atomic E-state index is -0.182. The van der Waals surface area contributed by atoms with Crippen LogP contribution >= 0.6 is 11.8 Å². The molecule has 1 amide bonds. The third-order valence-corrected chi connectivity index (χ3v) is 3.77. The van der Waals surface area contributed by atoms with Gasteiger partial charge in [0.25, 0.3) is 0 Å². The number of thioether (sulfide) groups is 1. The summed E-state index contributed by atoms with van der Waals surface area (Å²) in [7, 11) is 0. The number of primary amides is 1. The number of anilines is 1. The molecule has 6 heteroatoms. The molecule has 18 heavy (non-hydrogen) atoms. The van der Waals surface area contributed by atoms with E-state index >= 15 is 0 Å². The second-order valence-corrected chi connectivity index (χ2v) is 5.29. The normalized spacial score (nSPS) is 16.9. The fraction of sp³-hybridized carbons (Fsp3) is 0.583. The van der Waals surface area contributed by atoms with Gasteiger partial charge >= 0.3 is 0 Å². The molecular formula is C12H18N4OS. The van der Waals surface area contributed by atoms with Gasteiger partial charge < -0.3 is 10.6 Å². The van der Waals surface area contributed by atoms with Crippen LogP contribution in [-0.2, 0) is 4.79 Å². The average molecular weight is 266 g/mol. The molecular weight excluding hydrogens is 248 g/mol. The number of nitrogens with two attached hydrogens (primary N) is 1. The zero-order chi connectivity index (χ0) is 13.1. The lowest BCUT2D eigenvalue weighted by Crippen LogP contribution is -2.39. The average Bonchev–Trinajstić information content (AvgIpc) is 2.38. The summed E-state index contributed by atoms with van der Waals surface area (Å²) >= 11 is 1.54. The number of carbonyl (C=O) groups is 1. The summed E-state index contributed by atoms with van der Waals surface area (Å²) in [5.41, 5.74) is 6.31. The Kier molecular flexibility index (Phi) is 4.06. The lowest BCUT2D eigenvalue weighted by Gasteiger charge is -2.31. The molecule has 1 aliphatic rings. The van der Waals surface area contributed by atoms with Crippen molar-refractivity contribution in [3.05, 3.63) is 11.8 Å². The first kappa shape index (κ1) is 13.1. The van der Waals surface area contributed by atoms with Crippen LogP contribution in [0.5, 0.6) is 0 Å². The van der Waals surface area contributed by atoms with E-state index in [1.165, 1.54) is 0 Å². The third-order valence-electron chi connectivity index (χ3n) is 3.22. The number of piperidine rings is 1. The molecule has 1 aliphatic heterocycles. The van der Waals surface area contributed by atoms with Gasteiger partial charge in [0.2, 0.25) is 5.91 Å². The summed E-state index contributed by atoms with van der Waals surface area (Å²) in [5.74, 6) is 0.789. The molecule has 98 valence electrons. The summed E-state index contributed by atoms with van der Waals surface area (Å²) in [6, 6.07) is 1.99. The Balaban J connectivity index is 2.09. The number of hydrogen-bond acceptors (Lipinski definition) is 5. The third kappa shape index (κ3) is 2.93. The number of rotatable bonds is 3. The quantitative estimate of drug-likeness (QED) is 0.657. The highest BCUT2D eigenvalue weighted by Gasteiger charge is 2.24. The Bertz CT molecular complexity index is 444. The molecule has 0 bridgehead atoms. The van der Waals surface area contributed by atoms with Crippen LogP contribution in [0.25, 0.3) is 0 Å². The van der Waals surface area contributed by atoms with Gasteiger partial charge in [0, 0.05) is 30.8 Å². The maximum absolute atomic E-state index is 11.1. The molecule has 1 aromatic heterocycles. The zero-order valence-electron chi connectivity index (χ0n) is 10.7. The van der Waals surface area contributed by atoms with E-state index in [0.717, 1.165) is 42.6 Å². The van der Waals surface area contributed by atoms with Gasteiger partial charge in [-0.15, -0.1) is 0 Å². The molecule has 0 aliphatic carbocycles. The van der Waals surface area contributed by atoms with E-state index < -0.39 is 0 Å². The Morgan fingerprint density at radius 2 is 2.11 bits per heavy atom. The van der Waals surface area contributed by atoms with Crippen LogP contribution in [-0.4, -0.2) is 35.2 Å². The molecule has 2 rings (SSSR count). The highest BCUT2D eigenvalue weighted by atomic mass is 32.2. The largest absolute Gasteiger partial charge is 0.369 e. The van der Waals surface area contributed by atoms with Crippen molar-refractivity contribution < 1.29 is 4.79 Å². The summed E-state index contributed by atoms with van der Waals surface area (Å²) in [6.07, 6.45) is 3.60. The van der Waals surface area contributed by atoms with Crippen molar-refractivity contribution >= 4 is 23.5 Å². The van der Waals surface area contributed by atoms with Crippen molar-refractivity contribution in [3.63, 3.8) is 0 Å². The van der Waals surface area contributed by atoms with Crippen LogP contribution < -0.4 is 10.6 Å². The number of nitrogens with zero attached hydrogens (tertiary/aromatic N) is 3. The fourth-order valence-corrected chi connectivity index (χ4v) is 2.59. The molecule has 2 heterocycles. The first-order valence-electron chi connectivity index (χ1n) is 6.04. The summed E-state index contributed by atoms with van der Waals surface area (Å²) in [4.78, 5) is 22.2. The second kappa shape index (κ2) is 5.56. The number of aryl methyl sites for hydroxylation is 1. The standard InChI is InChI=1S/C12H18N4OS/c1-8-7-10(15-12(14-8)18-2)16-5-3-9(4-6-16)11(13)17/h7,9H,3-6H2,1-2H3,(H2,13,17). The molecule has 1 saturated heterocycles. The van der Waals surface area contributed by atoms with Gasteiger partial charge in [-0.1, -0.05) is 11.8 Å². The van der Waals surface area contributed by atoms with Gasteiger partial charge in [-0.25, -0.2) is 9.97 Å². The molecule has 1 aromatic rings. The molecule has 0 radical (unpaired) electrons. The molecule has 0 unspecified atom stereocenters. The van der Waals surface area contributed by atoms with Gasteiger partial charge in [-0.3, -0.25) is 4.79 Å². The minimum absolute atomic E-state index is 0.0178. The molecule has 2 N–H and O–H groups in total. The van der Waals surface area contributed by atoms with Crippen LogP contribution in [0, 0.1) is 12.8 Å². The molecule has 0 atom stereocenters. The number of carbonyl (C=O) groups excluding carboxylic acids is 1. The van der Waals surface area contributed by atoms with Crippen LogP contribution in [0.2, 0.25) is 0 Å². The maximum atomic E-state index is 11.1. The van der Waals surface area contributed by atoms with E-state index in [2.05, 4.69) is 14.9 Å². The number of amides is 1. The van der Waals surface area contributed by atoms with Gasteiger partial charge in [-0.2, -0.15) is 0 Å². The van der Waals surface area contributed by atoms with Crippen molar-refractivity contribution in [1.29, 1.82) is 0 Å². The maximum Gasteiger partial charge on any atom is 0.220 e. The minimum Gasteiger partial charge on any atom is -0.369 e. The van der Waals surface area contributed by atoms with Gasteiger partial charge in [-0.05, 0) is 26.0 Å². The van der Waals surface area contributed by atoms with E-state index in [4.69, 9.17) is 5.73 Å². The van der Waals surface area contributed by atoms with Crippen molar-refractivity contribution in [1.82, 2.24) is 9.97 Å². The zero-order valence-corrected chi connectivity index (χ0v) is 11.5. The van der Waals surface area contributed by atoms with E-state index in [1.807, 2.05) is 19.2 Å². The van der Waals surface area contributed by atoms with Crippen molar-refractivity contribution in [2.45, 2.75) is 24.9 Å². The SMILES string of the molecule is CSc1nc(C)cc(N2CCC(C(N)=O)CC2)n1. The molecule has 5 nitrogen and oxygen atoms in total. The van der Waals surface area contributed by atoms with Gasteiger partial charge in [0.15, 0.2) is 5.16 Å². The van der Waals surface area contributed by atoms with Crippen molar-refractivity contribution in [2.75, 3.05) is 24.2 Å². The highest BCUT2D eigenvalue weighted by Crippen LogP contribution is 2.23. The summed E-state index contributed by atoms with van der Waals surface area (Å²) < 4.78 is 0. The smallest absolute Gasteiger partial charge is 0.220 e. The Morgan fingerprint density at radius 3 is 2.67 bits per heavy atom. The van der Waals surface area contributed by atoms with Crippen molar-refractivity contribution in [3.8, 4) is 0 Å². The van der Waals surface area contributed by atoms with Crippen LogP contribution in [0.3, 0.4) is 0 Å².